The van der Waals surface area contributed by atoms with Gasteiger partial charge in [-0.2, -0.15) is 0 Å². The Morgan fingerprint density at radius 2 is 1.69 bits per heavy atom. The van der Waals surface area contributed by atoms with Crippen molar-refractivity contribution < 1.29 is 4.74 Å². The Labute approximate surface area is 83.1 Å². The molecule has 0 aliphatic rings. The molecule has 13 heavy (non-hydrogen) atoms. The van der Waals surface area contributed by atoms with Crippen LogP contribution in [0.4, 0.5) is 0 Å². The molecule has 0 fully saturated rings. The lowest BCUT2D eigenvalue weighted by atomic mass is 10.1. The summed E-state index contributed by atoms with van der Waals surface area (Å²) in [7, 11) is 0. The molecule has 0 saturated heterocycles. The molecule has 0 heterocycles. The van der Waals surface area contributed by atoms with Crippen LogP contribution in [-0.2, 0) is 4.74 Å². The maximum absolute atomic E-state index is 5.64. The van der Waals surface area contributed by atoms with Crippen molar-refractivity contribution in [3.05, 3.63) is 0 Å². The van der Waals surface area contributed by atoms with Crippen LogP contribution < -0.4 is 5.32 Å². The second-order valence-corrected chi connectivity index (χ2v) is 4.42. The van der Waals surface area contributed by atoms with E-state index in [1.807, 2.05) is 0 Å². The van der Waals surface area contributed by atoms with Gasteiger partial charge >= 0.3 is 0 Å². The first-order valence-electron chi connectivity index (χ1n) is 5.37. The average Bonchev–Trinajstić information content (AvgIpc) is 1.96. The van der Waals surface area contributed by atoms with E-state index in [9.17, 15) is 0 Å². The molecule has 0 radical (unpaired) electrons. The fourth-order valence-corrected chi connectivity index (χ4v) is 1.34. The van der Waals surface area contributed by atoms with E-state index in [0.717, 1.165) is 25.5 Å². The summed E-state index contributed by atoms with van der Waals surface area (Å²) >= 11 is 0. The Balaban J connectivity index is 3.22. The first-order chi connectivity index (χ1) is 6.02. The Kier molecular flexibility index (Phi) is 7.29. The summed E-state index contributed by atoms with van der Waals surface area (Å²) in [5.74, 6) is 0.730. The Bertz CT molecular complexity index is 113. The minimum atomic E-state index is 0.397. The monoisotopic (exact) mass is 187 g/mol. The third-order valence-electron chi connectivity index (χ3n) is 1.86. The van der Waals surface area contributed by atoms with Crippen molar-refractivity contribution in [1.82, 2.24) is 5.32 Å². The largest absolute Gasteiger partial charge is 0.377 e. The van der Waals surface area contributed by atoms with Crippen molar-refractivity contribution in [3.8, 4) is 0 Å². The maximum atomic E-state index is 5.64. The van der Waals surface area contributed by atoms with E-state index in [0.29, 0.717) is 12.1 Å². The van der Waals surface area contributed by atoms with Gasteiger partial charge in [0.15, 0.2) is 0 Å². The SMILES string of the molecule is CC(C)CC(C)OCCNC(C)C. The molecule has 0 saturated carbocycles. The van der Waals surface area contributed by atoms with Gasteiger partial charge in [-0.15, -0.1) is 0 Å². The zero-order valence-electron chi connectivity index (χ0n) is 9.76. The van der Waals surface area contributed by atoms with Crippen LogP contribution in [0, 0.1) is 5.92 Å². The third kappa shape index (κ3) is 9.84. The van der Waals surface area contributed by atoms with Gasteiger partial charge in [0.25, 0.3) is 0 Å². The van der Waals surface area contributed by atoms with E-state index >= 15 is 0 Å². The quantitative estimate of drug-likeness (QED) is 0.618. The predicted molar refractivity (Wildman–Crippen MR) is 58.0 cm³/mol. The molecule has 0 aliphatic carbocycles. The van der Waals surface area contributed by atoms with Crippen LogP contribution in [0.25, 0.3) is 0 Å². The van der Waals surface area contributed by atoms with Gasteiger partial charge in [-0.25, -0.2) is 0 Å². The number of hydrogen-bond acceptors (Lipinski definition) is 2. The first-order valence-corrected chi connectivity index (χ1v) is 5.37. The summed E-state index contributed by atoms with van der Waals surface area (Å²) in [6, 6.07) is 0.559. The number of hydrogen-bond donors (Lipinski definition) is 1. The van der Waals surface area contributed by atoms with Crippen molar-refractivity contribution in [2.45, 2.75) is 53.2 Å². The van der Waals surface area contributed by atoms with Gasteiger partial charge < -0.3 is 10.1 Å². The molecule has 0 rings (SSSR count). The van der Waals surface area contributed by atoms with Crippen molar-refractivity contribution in [3.63, 3.8) is 0 Å². The topological polar surface area (TPSA) is 21.3 Å². The Morgan fingerprint density at radius 1 is 1.08 bits per heavy atom. The van der Waals surface area contributed by atoms with Crippen LogP contribution in [-0.4, -0.2) is 25.3 Å². The van der Waals surface area contributed by atoms with E-state index in [1.165, 1.54) is 0 Å². The second-order valence-electron chi connectivity index (χ2n) is 4.42. The molecular formula is C11H25NO. The minimum absolute atomic E-state index is 0.397. The van der Waals surface area contributed by atoms with E-state index < -0.39 is 0 Å². The lowest BCUT2D eigenvalue weighted by Gasteiger charge is -2.16. The summed E-state index contributed by atoms with van der Waals surface area (Å²) in [5.41, 5.74) is 0. The molecule has 1 N–H and O–H groups in total. The fourth-order valence-electron chi connectivity index (χ4n) is 1.34. The molecule has 0 aromatic rings. The normalized spacial score (nSPS) is 14.1. The molecular weight excluding hydrogens is 162 g/mol. The van der Waals surface area contributed by atoms with Gasteiger partial charge in [0, 0.05) is 12.6 Å². The van der Waals surface area contributed by atoms with Crippen LogP contribution in [0.5, 0.6) is 0 Å². The van der Waals surface area contributed by atoms with E-state index in [1.54, 1.807) is 0 Å². The summed E-state index contributed by atoms with van der Waals surface area (Å²) in [6.45, 7) is 12.7. The molecule has 2 nitrogen and oxygen atoms in total. The lowest BCUT2D eigenvalue weighted by molar-refractivity contribution is 0.0532. The predicted octanol–water partition coefficient (Wildman–Crippen LogP) is 2.44. The van der Waals surface area contributed by atoms with Crippen LogP contribution in [0.2, 0.25) is 0 Å². The highest BCUT2D eigenvalue weighted by atomic mass is 16.5. The zero-order chi connectivity index (χ0) is 10.3. The molecule has 0 aromatic heterocycles. The number of rotatable bonds is 7. The van der Waals surface area contributed by atoms with Crippen LogP contribution in [0.1, 0.15) is 41.0 Å². The lowest BCUT2D eigenvalue weighted by Crippen LogP contribution is -2.28. The van der Waals surface area contributed by atoms with Crippen LogP contribution in [0.15, 0.2) is 0 Å². The van der Waals surface area contributed by atoms with Gasteiger partial charge in [-0.3, -0.25) is 0 Å². The van der Waals surface area contributed by atoms with E-state index in [2.05, 4.69) is 39.9 Å². The molecule has 0 aliphatic heterocycles. The highest BCUT2D eigenvalue weighted by Crippen LogP contribution is 2.06. The number of nitrogens with one attached hydrogen (secondary N) is 1. The maximum Gasteiger partial charge on any atom is 0.0594 e. The van der Waals surface area contributed by atoms with Crippen LogP contribution in [0.3, 0.4) is 0 Å². The van der Waals surface area contributed by atoms with Gasteiger partial charge in [-0.1, -0.05) is 27.7 Å². The van der Waals surface area contributed by atoms with Crippen molar-refractivity contribution >= 4 is 0 Å². The van der Waals surface area contributed by atoms with Crippen LogP contribution >= 0.6 is 0 Å². The van der Waals surface area contributed by atoms with Gasteiger partial charge in [0.1, 0.15) is 0 Å². The van der Waals surface area contributed by atoms with E-state index in [-0.39, 0.29) is 0 Å². The Morgan fingerprint density at radius 3 is 2.15 bits per heavy atom. The molecule has 2 heteroatoms. The molecule has 0 spiro atoms. The molecule has 0 bridgehead atoms. The third-order valence-corrected chi connectivity index (χ3v) is 1.86. The van der Waals surface area contributed by atoms with Crippen molar-refractivity contribution in [2.75, 3.05) is 13.2 Å². The van der Waals surface area contributed by atoms with Gasteiger partial charge in [0.2, 0.25) is 0 Å². The highest BCUT2D eigenvalue weighted by molar-refractivity contribution is 4.56. The molecule has 0 amide bonds. The zero-order valence-corrected chi connectivity index (χ0v) is 9.76. The van der Waals surface area contributed by atoms with Gasteiger partial charge in [-0.05, 0) is 19.3 Å². The summed E-state index contributed by atoms with van der Waals surface area (Å²) in [4.78, 5) is 0. The Hall–Kier alpha value is -0.0800. The average molecular weight is 187 g/mol. The van der Waals surface area contributed by atoms with Gasteiger partial charge in [0.05, 0.1) is 12.7 Å². The minimum Gasteiger partial charge on any atom is -0.377 e. The highest BCUT2D eigenvalue weighted by Gasteiger charge is 2.04. The van der Waals surface area contributed by atoms with E-state index in [4.69, 9.17) is 4.74 Å². The molecule has 0 aromatic carbocycles. The summed E-state index contributed by atoms with van der Waals surface area (Å²) in [6.07, 6.45) is 1.55. The molecule has 80 valence electrons. The smallest absolute Gasteiger partial charge is 0.0594 e. The molecule has 1 atom stereocenters. The van der Waals surface area contributed by atoms with Crippen molar-refractivity contribution in [1.29, 1.82) is 0 Å². The standard InChI is InChI=1S/C11H25NO/c1-9(2)8-11(5)13-7-6-12-10(3)4/h9-12H,6-8H2,1-5H3. The summed E-state index contributed by atoms with van der Waals surface area (Å²) in [5, 5.41) is 3.33. The second kappa shape index (κ2) is 7.34. The number of ether oxygens (including phenoxy) is 1. The first kappa shape index (κ1) is 12.9. The fraction of sp³-hybridized carbons (Fsp3) is 1.00. The van der Waals surface area contributed by atoms with Crippen molar-refractivity contribution in [2.24, 2.45) is 5.92 Å². The summed E-state index contributed by atoms with van der Waals surface area (Å²) < 4.78 is 5.64. The molecule has 1 unspecified atom stereocenters.